The number of nitrogens with zero attached hydrogens (tertiary/aromatic N) is 3. The largest absolute Gasteiger partial charge is 0.356 e. The van der Waals surface area contributed by atoms with Gasteiger partial charge >= 0.3 is 0 Å². The van der Waals surface area contributed by atoms with E-state index >= 15 is 0 Å². The Labute approximate surface area is 146 Å². The Hall–Kier alpha value is -1.65. The molecule has 0 unspecified atom stereocenters. The first-order chi connectivity index (χ1) is 11.8. The maximum atomic E-state index is 12.3. The van der Waals surface area contributed by atoms with Gasteiger partial charge in [-0.25, -0.2) is 4.98 Å². The standard InChI is InChI=1S/C19H32N4O/c1-2-3-4-5-6-7-8-11-22-19(24)17-9-14-23(15-10-17)18-16-20-12-13-21-18/h12-13,16-17H,2-11,14-15H2,1H3,(H,22,24). The van der Waals surface area contributed by atoms with Crippen molar-refractivity contribution in [2.75, 3.05) is 24.5 Å². The molecule has 5 heteroatoms. The van der Waals surface area contributed by atoms with Crippen molar-refractivity contribution in [1.29, 1.82) is 0 Å². The normalized spacial score (nSPS) is 15.5. The Kier molecular flexibility index (Phi) is 8.56. The van der Waals surface area contributed by atoms with Crippen LogP contribution < -0.4 is 10.2 Å². The maximum Gasteiger partial charge on any atom is 0.223 e. The predicted octanol–water partition coefficient (Wildman–Crippen LogP) is 3.56. The van der Waals surface area contributed by atoms with Crippen molar-refractivity contribution in [3.05, 3.63) is 18.6 Å². The van der Waals surface area contributed by atoms with E-state index in [1.165, 1.54) is 38.5 Å². The van der Waals surface area contributed by atoms with Crippen LogP contribution in [-0.2, 0) is 4.79 Å². The molecular formula is C19H32N4O. The number of hydrogen-bond donors (Lipinski definition) is 1. The average Bonchev–Trinajstić information content (AvgIpc) is 2.64. The molecule has 1 amide bonds. The van der Waals surface area contributed by atoms with E-state index in [0.29, 0.717) is 0 Å². The molecule has 1 saturated heterocycles. The second kappa shape index (κ2) is 11.0. The van der Waals surface area contributed by atoms with Crippen LogP contribution in [0, 0.1) is 5.92 Å². The first-order valence-corrected chi connectivity index (χ1v) is 9.60. The van der Waals surface area contributed by atoms with Gasteiger partial charge in [-0.2, -0.15) is 0 Å². The number of rotatable bonds is 10. The summed E-state index contributed by atoms with van der Waals surface area (Å²) in [4.78, 5) is 22.9. The van der Waals surface area contributed by atoms with Crippen LogP contribution in [0.15, 0.2) is 18.6 Å². The summed E-state index contributed by atoms with van der Waals surface area (Å²) < 4.78 is 0. The third kappa shape index (κ3) is 6.46. The van der Waals surface area contributed by atoms with Gasteiger partial charge in [-0.15, -0.1) is 0 Å². The van der Waals surface area contributed by atoms with E-state index in [0.717, 1.165) is 44.7 Å². The Balaban J connectivity index is 1.55. The fourth-order valence-electron chi connectivity index (χ4n) is 3.26. The van der Waals surface area contributed by atoms with Crippen molar-refractivity contribution in [3.8, 4) is 0 Å². The molecule has 1 aromatic rings. The van der Waals surface area contributed by atoms with Crippen molar-refractivity contribution in [2.45, 2.75) is 64.7 Å². The number of carbonyl (C=O) groups is 1. The number of aromatic nitrogens is 2. The highest BCUT2D eigenvalue weighted by molar-refractivity contribution is 5.78. The highest BCUT2D eigenvalue weighted by Gasteiger charge is 2.25. The van der Waals surface area contributed by atoms with E-state index in [2.05, 4.69) is 27.1 Å². The van der Waals surface area contributed by atoms with Gasteiger partial charge in [-0.05, 0) is 19.3 Å². The molecule has 5 nitrogen and oxygen atoms in total. The topological polar surface area (TPSA) is 58.1 Å². The lowest BCUT2D eigenvalue weighted by molar-refractivity contribution is -0.125. The van der Waals surface area contributed by atoms with E-state index in [1.54, 1.807) is 18.6 Å². The minimum atomic E-state index is 0.155. The Morgan fingerprint density at radius 1 is 1.12 bits per heavy atom. The SMILES string of the molecule is CCCCCCCCCNC(=O)C1CCN(c2cnccn2)CC1. The van der Waals surface area contributed by atoms with Gasteiger partial charge < -0.3 is 10.2 Å². The first kappa shape index (κ1) is 18.7. The van der Waals surface area contributed by atoms with E-state index in [9.17, 15) is 4.79 Å². The molecule has 2 rings (SSSR count). The molecule has 0 atom stereocenters. The molecule has 0 spiro atoms. The number of carbonyl (C=O) groups excluding carboxylic acids is 1. The lowest BCUT2D eigenvalue weighted by Gasteiger charge is -2.31. The number of hydrogen-bond acceptors (Lipinski definition) is 4. The smallest absolute Gasteiger partial charge is 0.223 e. The van der Waals surface area contributed by atoms with Crippen molar-refractivity contribution >= 4 is 11.7 Å². The van der Waals surface area contributed by atoms with E-state index < -0.39 is 0 Å². The summed E-state index contributed by atoms with van der Waals surface area (Å²) in [6, 6.07) is 0. The molecule has 24 heavy (non-hydrogen) atoms. The van der Waals surface area contributed by atoms with Gasteiger partial charge in [0.15, 0.2) is 0 Å². The second-order valence-electron chi connectivity index (χ2n) is 6.74. The molecular weight excluding hydrogens is 300 g/mol. The number of nitrogens with one attached hydrogen (secondary N) is 1. The third-order valence-electron chi connectivity index (χ3n) is 4.82. The number of amides is 1. The summed E-state index contributed by atoms with van der Waals surface area (Å²) in [5.41, 5.74) is 0. The molecule has 1 aromatic heterocycles. The van der Waals surface area contributed by atoms with Crippen molar-refractivity contribution in [1.82, 2.24) is 15.3 Å². The molecule has 0 bridgehead atoms. The number of unbranched alkanes of at least 4 members (excludes halogenated alkanes) is 6. The number of piperidine rings is 1. The molecule has 0 aromatic carbocycles. The molecule has 1 fully saturated rings. The third-order valence-corrected chi connectivity index (χ3v) is 4.82. The zero-order chi connectivity index (χ0) is 17.0. The van der Waals surface area contributed by atoms with E-state index in [1.807, 2.05) is 0 Å². The van der Waals surface area contributed by atoms with E-state index in [4.69, 9.17) is 0 Å². The van der Waals surface area contributed by atoms with Crippen LogP contribution in [0.2, 0.25) is 0 Å². The van der Waals surface area contributed by atoms with Crippen LogP contribution in [0.5, 0.6) is 0 Å². The minimum absolute atomic E-state index is 0.155. The predicted molar refractivity (Wildman–Crippen MR) is 98.0 cm³/mol. The summed E-state index contributed by atoms with van der Waals surface area (Å²) in [5, 5.41) is 3.12. The molecule has 1 aliphatic heterocycles. The van der Waals surface area contributed by atoms with Crippen molar-refractivity contribution in [3.63, 3.8) is 0 Å². The van der Waals surface area contributed by atoms with Crippen LogP contribution in [0.4, 0.5) is 5.82 Å². The van der Waals surface area contributed by atoms with Gasteiger partial charge in [-0.3, -0.25) is 9.78 Å². The average molecular weight is 332 g/mol. The Morgan fingerprint density at radius 3 is 2.50 bits per heavy atom. The zero-order valence-electron chi connectivity index (χ0n) is 15.0. The van der Waals surface area contributed by atoms with Crippen LogP contribution in [0.3, 0.4) is 0 Å². The van der Waals surface area contributed by atoms with Gasteiger partial charge in [0.25, 0.3) is 0 Å². The highest BCUT2D eigenvalue weighted by atomic mass is 16.1. The quantitative estimate of drug-likeness (QED) is 0.666. The summed E-state index contributed by atoms with van der Waals surface area (Å²) in [6.45, 7) is 4.84. The fourth-order valence-corrected chi connectivity index (χ4v) is 3.26. The fraction of sp³-hybridized carbons (Fsp3) is 0.737. The molecule has 1 aliphatic rings. The van der Waals surface area contributed by atoms with Gasteiger partial charge in [0.1, 0.15) is 5.82 Å². The molecule has 2 heterocycles. The first-order valence-electron chi connectivity index (χ1n) is 9.60. The zero-order valence-corrected chi connectivity index (χ0v) is 15.0. The summed E-state index contributed by atoms with van der Waals surface area (Å²) in [6.07, 6.45) is 16.0. The molecule has 134 valence electrons. The Bertz CT molecular complexity index is 458. The minimum Gasteiger partial charge on any atom is -0.356 e. The van der Waals surface area contributed by atoms with Gasteiger partial charge in [0, 0.05) is 37.9 Å². The summed E-state index contributed by atoms with van der Waals surface area (Å²) >= 11 is 0. The summed E-state index contributed by atoms with van der Waals surface area (Å²) in [5.74, 6) is 1.31. The van der Waals surface area contributed by atoms with Crippen LogP contribution in [-0.4, -0.2) is 35.5 Å². The van der Waals surface area contributed by atoms with Gasteiger partial charge in [0.2, 0.25) is 5.91 Å². The lowest BCUT2D eigenvalue weighted by Crippen LogP contribution is -2.41. The van der Waals surface area contributed by atoms with Crippen LogP contribution in [0.25, 0.3) is 0 Å². The van der Waals surface area contributed by atoms with Gasteiger partial charge in [-0.1, -0.05) is 45.4 Å². The van der Waals surface area contributed by atoms with Crippen molar-refractivity contribution < 1.29 is 4.79 Å². The van der Waals surface area contributed by atoms with Crippen molar-refractivity contribution in [2.24, 2.45) is 5.92 Å². The maximum absolute atomic E-state index is 12.3. The second-order valence-corrected chi connectivity index (χ2v) is 6.74. The van der Waals surface area contributed by atoms with Crippen LogP contribution >= 0.6 is 0 Å². The number of anilines is 1. The molecule has 1 N–H and O–H groups in total. The molecule has 0 aliphatic carbocycles. The lowest BCUT2D eigenvalue weighted by atomic mass is 9.96. The summed E-state index contributed by atoms with van der Waals surface area (Å²) in [7, 11) is 0. The monoisotopic (exact) mass is 332 g/mol. The van der Waals surface area contributed by atoms with Gasteiger partial charge in [0.05, 0.1) is 6.20 Å². The van der Waals surface area contributed by atoms with E-state index in [-0.39, 0.29) is 11.8 Å². The molecule has 0 radical (unpaired) electrons. The van der Waals surface area contributed by atoms with Crippen LogP contribution in [0.1, 0.15) is 64.7 Å². The molecule has 0 saturated carbocycles. The highest BCUT2D eigenvalue weighted by Crippen LogP contribution is 2.21. The Morgan fingerprint density at radius 2 is 1.83 bits per heavy atom.